The van der Waals surface area contributed by atoms with Crippen LogP contribution in [0.25, 0.3) is 0 Å². The Hall–Kier alpha value is -2.22. The first kappa shape index (κ1) is 16.8. The zero-order valence-corrected chi connectivity index (χ0v) is 11.2. The van der Waals surface area contributed by atoms with Gasteiger partial charge in [-0.3, -0.25) is 4.79 Å². The predicted molar refractivity (Wildman–Crippen MR) is 71.6 cm³/mol. The number of aliphatic hydroxyl groups excluding tert-OH is 1. The average molecular weight is 301 g/mol. The van der Waals surface area contributed by atoms with Crippen LogP contribution in [0.2, 0.25) is 0 Å². The van der Waals surface area contributed by atoms with Crippen LogP contribution in [0, 0.1) is 0 Å². The fraction of sp³-hybridized carbons (Fsp3) is 0.385. The Balaban J connectivity index is 3.00. The zero-order valence-electron chi connectivity index (χ0n) is 11.2. The lowest BCUT2D eigenvalue weighted by Crippen LogP contribution is -2.46. The van der Waals surface area contributed by atoms with Crippen LogP contribution in [0.3, 0.4) is 0 Å². The van der Waals surface area contributed by atoms with E-state index in [2.05, 4.69) is 5.32 Å². The number of hydrogen-bond donors (Lipinski definition) is 3. The number of carbonyl (C=O) groups is 2. The quantitative estimate of drug-likeness (QED) is 0.683. The first-order chi connectivity index (χ1) is 9.95. The van der Waals surface area contributed by atoms with Gasteiger partial charge in [0.15, 0.2) is 0 Å². The number of nitrogens with two attached hydrogens (primary N) is 1. The first-order valence-electron chi connectivity index (χ1n) is 6.24. The van der Waals surface area contributed by atoms with Crippen molar-refractivity contribution >= 4 is 11.9 Å². The molecule has 0 saturated carbocycles. The van der Waals surface area contributed by atoms with Crippen LogP contribution in [-0.2, 0) is 4.79 Å². The van der Waals surface area contributed by atoms with Crippen molar-refractivity contribution in [3.05, 3.63) is 35.9 Å². The highest BCUT2D eigenvalue weighted by Gasteiger charge is 2.28. The normalized spacial score (nSPS) is 12.0. The highest BCUT2D eigenvalue weighted by atomic mass is 19.3. The molecule has 0 spiro atoms. The van der Waals surface area contributed by atoms with Gasteiger partial charge in [0.05, 0.1) is 13.2 Å². The fourth-order valence-electron chi connectivity index (χ4n) is 1.84. The summed E-state index contributed by atoms with van der Waals surface area (Å²) in [5, 5.41) is 11.1. The number of rotatable bonds is 7. The number of carbonyl (C=O) groups excluding carboxylic acids is 2. The molecule has 0 saturated heterocycles. The molecule has 6 nitrogen and oxygen atoms in total. The summed E-state index contributed by atoms with van der Waals surface area (Å²) in [4.78, 5) is 24.1. The molecule has 1 aromatic carbocycles. The summed E-state index contributed by atoms with van der Waals surface area (Å²) in [5.74, 6) is -0.755. The van der Waals surface area contributed by atoms with Crippen molar-refractivity contribution in [1.82, 2.24) is 10.2 Å². The molecular formula is C13H17F2N3O3. The van der Waals surface area contributed by atoms with Gasteiger partial charge < -0.3 is 21.1 Å². The summed E-state index contributed by atoms with van der Waals surface area (Å²) in [6, 6.07) is 6.01. The molecule has 4 N–H and O–H groups in total. The lowest BCUT2D eigenvalue weighted by atomic mass is 10.1. The van der Waals surface area contributed by atoms with Gasteiger partial charge in [-0.15, -0.1) is 0 Å². The maximum absolute atomic E-state index is 12.5. The number of primary amides is 1. The Kier molecular flexibility index (Phi) is 6.54. The second-order valence-electron chi connectivity index (χ2n) is 4.25. The number of halogens is 2. The topological polar surface area (TPSA) is 95.7 Å². The molecule has 21 heavy (non-hydrogen) atoms. The molecule has 0 aromatic heterocycles. The Labute approximate surface area is 120 Å². The SMILES string of the molecule is NC(=O)NC(C(=O)N(CCO)CC(F)F)c1ccccc1. The Morgan fingerprint density at radius 1 is 1.29 bits per heavy atom. The molecule has 0 aliphatic rings. The summed E-state index contributed by atoms with van der Waals surface area (Å²) in [7, 11) is 0. The smallest absolute Gasteiger partial charge is 0.313 e. The maximum atomic E-state index is 12.5. The number of aliphatic hydroxyl groups is 1. The molecule has 0 bridgehead atoms. The van der Waals surface area contributed by atoms with Crippen molar-refractivity contribution < 1.29 is 23.5 Å². The first-order valence-corrected chi connectivity index (χ1v) is 6.24. The second-order valence-corrected chi connectivity index (χ2v) is 4.25. The van der Waals surface area contributed by atoms with E-state index >= 15 is 0 Å². The number of hydrogen-bond acceptors (Lipinski definition) is 3. The number of nitrogens with one attached hydrogen (secondary N) is 1. The number of alkyl halides is 2. The van der Waals surface area contributed by atoms with Gasteiger partial charge in [-0.2, -0.15) is 0 Å². The summed E-state index contributed by atoms with van der Waals surface area (Å²) in [6.07, 6.45) is -2.74. The fourth-order valence-corrected chi connectivity index (χ4v) is 1.84. The largest absolute Gasteiger partial charge is 0.395 e. The molecule has 0 heterocycles. The third-order valence-corrected chi connectivity index (χ3v) is 2.71. The van der Waals surface area contributed by atoms with Gasteiger partial charge in [0.1, 0.15) is 6.04 Å². The molecule has 3 amide bonds. The van der Waals surface area contributed by atoms with E-state index in [0.29, 0.717) is 5.56 Å². The molecule has 1 atom stereocenters. The van der Waals surface area contributed by atoms with Crippen molar-refractivity contribution in [3.8, 4) is 0 Å². The molecule has 1 unspecified atom stereocenters. The van der Waals surface area contributed by atoms with E-state index in [1.54, 1.807) is 30.3 Å². The van der Waals surface area contributed by atoms with Crippen molar-refractivity contribution in [2.45, 2.75) is 12.5 Å². The highest BCUT2D eigenvalue weighted by molar-refractivity contribution is 5.87. The number of benzene rings is 1. The second kappa shape index (κ2) is 8.15. The van der Waals surface area contributed by atoms with E-state index in [1.807, 2.05) is 0 Å². The van der Waals surface area contributed by atoms with Gasteiger partial charge in [-0.05, 0) is 5.56 Å². The molecule has 0 radical (unpaired) electrons. The van der Waals surface area contributed by atoms with Gasteiger partial charge in [-0.25, -0.2) is 13.6 Å². The van der Waals surface area contributed by atoms with E-state index < -0.39 is 37.6 Å². The van der Waals surface area contributed by atoms with Crippen LogP contribution in [-0.4, -0.2) is 48.1 Å². The Bertz CT molecular complexity index is 471. The zero-order chi connectivity index (χ0) is 15.8. The van der Waals surface area contributed by atoms with Crippen molar-refractivity contribution in [3.63, 3.8) is 0 Å². The van der Waals surface area contributed by atoms with Crippen LogP contribution in [0.4, 0.5) is 13.6 Å². The van der Waals surface area contributed by atoms with Crippen molar-refractivity contribution in [2.24, 2.45) is 5.73 Å². The van der Waals surface area contributed by atoms with Crippen LogP contribution >= 0.6 is 0 Å². The molecule has 116 valence electrons. The van der Waals surface area contributed by atoms with Gasteiger partial charge in [0, 0.05) is 6.54 Å². The summed E-state index contributed by atoms with van der Waals surface area (Å²) < 4.78 is 25.0. The van der Waals surface area contributed by atoms with E-state index in [4.69, 9.17) is 10.8 Å². The van der Waals surface area contributed by atoms with Gasteiger partial charge >= 0.3 is 6.03 Å². The Morgan fingerprint density at radius 2 is 1.90 bits per heavy atom. The molecule has 1 aromatic rings. The minimum atomic E-state index is -2.74. The summed E-state index contributed by atoms with van der Waals surface area (Å²) >= 11 is 0. The monoisotopic (exact) mass is 301 g/mol. The molecule has 0 aliphatic carbocycles. The molecular weight excluding hydrogens is 284 g/mol. The van der Waals surface area contributed by atoms with Gasteiger partial charge in [0.25, 0.3) is 6.43 Å². The molecule has 8 heteroatoms. The van der Waals surface area contributed by atoms with Crippen LogP contribution < -0.4 is 11.1 Å². The lowest BCUT2D eigenvalue weighted by Gasteiger charge is -2.27. The molecule has 0 aliphatic heterocycles. The van der Waals surface area contributed by atoms with Crippen LogP contribution in [0.15, 0.2) is 30.3 Å². The maximum Gasteiger partial charge on any atom is 0.313 e. The van der Waals surface area contributed by atoms with Crippen LogP contribution in [0.1, 0.15) is 11.6 Å². The number of amides is 3. The van der Waals surface area contributed by atoms with Gasteiger partial charge in [-0.1, -0.05) is 30.3 Å². The highest BCUT2D eigenvalue weighted by Crippen LogP contribution is 2.16. The standard InChI is InChI=1S/C13H17F2N3O3/c14-10(15)8-18(6-7-19)12(20)11(17-13(16)21)9-4-2-1-3-5-9/h1-5,10-11,19H,6-8H2,(H3,16,17,21). The van der Waals surface area contributed by atoms with E-state index in [1.165, 1.54) is 0 Å². The number of nitrogens with zero attached hydrogens (tertiary/aromatic N) is 1. The molecule has 0 fully saturated rings. The minimum Gasteiger partial charge on any atom is -0.395 e. The minimum absolute atomic E-state index is 0.257. The average Bonchev–Trinajstić information content (AvgIpc) is 2.44. The Morgan fingerprint density at radius 3 is 2.38 bits per heavy atom. The summed E-state index contributed by atoms with van der Waals surface area (Å²) in [5.41, 5.74) is 5.44. The lowest BCUT2D eigenvalue weighted by molar-refractivity contribution is -0.135. The summed E-state index contributed by atoms with van der Waals surface area (Å²) in [6.45, 7) is -1.55. The third-order valence-electron chi connectivity index (χ3n) is 2.71. The van der Waals surface area contributed by atoms with Crippen LogP contribution in [0.5, 0.6) is 0 Å². The van der Waals surface area contributed by atoms with Gasteiger partial charge in [0.2, 0.25) is 5.91 Å². The predicted octanol–water partition coefficient (Wildman–Crippen LogP) is 0.482. The van der Waals surface area contributed by atoms with E-state index in [-0.39, 0.29) is 6.54 Å². The number of urea groups is 1. The van der Waals surface area contributed by atoms with E-state index in [0.717, 1.165) is 4.90 Å². The van der Waals surface area contributed by atoms with E-state index in [9.17, 15) is 18.4 Å². The molecule has 1 rings (SSSR count). The third kappa shape index (κ3) is 5.35. The van der Waals surface area contributed by atoms with Crippen molar-refractivity contribution in [1.29, 1.82) is 0 Å². The van der Waals surface area contributed by atoms with Crippen molar-refractivity contribution in [2.75, 3.05) is 19.7 Å².